The average molecular weight is 510 g/mol. The normalized spacial score (nSPS) is 29.0. The third kappa shape index (κ3) is 6.36. The minimum Gasteiger partial charge on any atom is -0.461 e. The van der Waals surface area contributed by atoms with Crippen LogP contribution >= 0.6 is 15.9 Å². The molecule has 0 aromatic rings. The third-order valence-corrected chi connectivity index (χ3v) is 8.46. The predicted octanol–water partition coefficient (Wildman–Crippen LogP) is 8.03. The van der Waals surface area contributed by atoms with Gasteiger partial charge >= 0.3 is 5.97 Å². The van der Waals surface area contributed by atoms with Gasteiger partial charge in [-0.15, -0.1) is 0 Å². The molecule has 0 heterocycles. The van der Waals surface area contributed by atoms with Crippen molar-refractivity contribution in [2.24, 2.45) is 34.5 Å². The van der Waals surface area contributed by atoms with Crippen molar-refractivity contribution in [1.82, 2.24) is 0 Å². The molecule has 0 unspecified atom stereocenters. The van der Waals surface area contributed by atoms with E-state index in [0.717, 1.165) is 17.6 Å². The second kappa shape index (κ2) is 11.0. The molecule has 4 heteroatoms. The molecule has 4 atom stereocenters. The van der Waals surface area contributed by atoms with Gasteiger partial charge in [-0.25, -0.2) is 0 Å². The molecule has 0 radical (unpaired) electrons. The summed E-state index contributed by atoms with van der Waals surface area (Å²) in [4.78, 5) is 27.9. The first kappa shape index (κ1) is 27.3. The maximum atomic E-state index is 13.5. The lowest BCUT2D eigenvalue weighted by molar-refractivity contribution is -0.151. The van der Waals surface area contributed by atoms with Crippen molar-refractivity contribution in [2.45, 2.75) is 100 Å². The molecule has 2 saturated carbocycles. The maximum absolute atomic E-state index is 13.5. The van der Waals surface area contributed by atoms with E-state index in [0.29, 0.717) is 35.5 Å². The fourth-order valence-corrected chi connectivity index (χ4v) is 6.66. The number of allylic oxidation sites excluding steroid dienone is 2. The van der Waals surface area contributed by atoms with E-state index in [4.69, 9.17) is 4.74 Å². The molecule has 2 aliphatic rings. The van der Waals surface area contributed by atoms with E-state index in [1.807, 2.05) is 27.7 Å². The SMILES string of the molecule is C/C(COC(=O)C(C)(C)C)=C(/CC(C)C)C(=O)C[C@@H](C)[C@H]1CC[C@H]2C(=CBr)CCC[C@]12C. The zero-order valence-electron chi connectivity index (χ0n) is 21.6. The number of halogens is 1. The quantitative estimate of drug-likeness (QED) is 0.246. The van der Waals surface area contributed by atoms with Crippen LogP contribution in [0.4, 0.5) is 0 Å². The van der Waals surface area contributed by atoms with Gasteiger partial charge in [0.1, 0.15) is 6.61 Å². The van der Waals surface area contributed by atoms with E-state index in [1.165, 1.54) is 32.1 Å². The van der Waals surface area contributed by atoms with Gasteiger partial charge < -0.3 is 4.74 Å². The Hall–Kier alpha value is -0.900. The Morgan fingerprint density at radius 2 is 1.84 bits per heavy atom. The van der Waals surface area contributed by atoms with Crippen LogP contribution in [-0.2, 0) is 14.3 Å². The molecule has 2 fully saturated rings. The lowest BCUT2D eigenvalue weighted by Gasteiger charge is -2.44. The Bertz CT molecular complexity index is 755. The van der Waals surface area contributed by atoms with Crippen molar-refractivity contribution < 1.29 is 14.3 Å². The molecule has 2 aliphatic carbocycles. The molecule has 0 spiro atoms. The van der Waals surface area contributed by atoms with Crippen molar-refractivity contribution in [3.8, 4) is 0 Å². The number of ketones is 1. The first-order valence-electron chi connectivity index (χ1n) is 12.5. The molecule has 182 valence electrons. The fourth-order valence-electron chi connectivity index (χ4n) is 6.12. The lowest BCUT2D eigenvalue weighted by Crippen LogP contribution is -2.36. The van der Waals surface area contributed by atoms with E-state index in [-0.39, 0.29) is 18.4 Å². The van der Waals surface area contributed by atoms with E-state index in [1.54, 1.807) is 5.57 Å². The van der Waals surface area contributed by atoms with Crippen LogP contribution in [0.5, 0.6) is 0 Å². The summed E-state index contributed by atoms with van der Waals surface area (Å²) in [7, 11) is 0. The fraction of sp³-hybridized carbons (Fsp3) is 0.786. The minimum absolute atomic E-state index is 0.209. The van der Waals surface area contributed by atoms with Crippen LogP contribution in [0.25, 0.3) is 0 Å². The summed E-state index contributed by atoms with van der Waals surface area (Å²) in [5.41, 5.74) is 3.12. The van der Waals surface area contributed by atoms with Gasteiger partial charge in [0.15, 0.2) is 5.78 Å². The van der Waals surface area contributed by atoms with Crippen LogP contribution in [0.15, 0.2) is 21.7 Å². The Labute approximate surface area is 205 Å². The van der Waals surface area contributed by atoms with Gasteiger partial charge in [0, 0.05) is 6.42 Å². The summed E-state index contributed by atoms with van der Waals surface area (Å²) < 4.78 is 5.54. The second-order valence-corrected chi connectivity index (χ2v) is 12.5. The highest BCUT2D eigenvalue weighted by Gasteiger charge is 2.50. The van der Waals surface area contributed by atoms with Gasteiger partial charge in [-0.3, -0.25) is 9.59 Å². The number of hydrogen-bond acceptors (Lipinski definition) is 3. The highest BCUT2D eigenvalue weighted by atomic mass is 79.9. The van der Waals surface area contributed by atoms with E-state index >= 15 is 0 Å². The second-order valence-electron chi connectivity index (χ2n) is 12.1. The molecular formula is C28H45BrO3. The van der Waals surface area contributed by atoms with Crippen LogP contribution in [0.1, 0.15) is 100 Å². The monoisotopic (exact) mass is 508 g/mol. The van der Waals surface area contributed by atoms with Crippen LogP contribution in [0, 0.1) is 34.5 Å². The van der Waals surface area contributed by atoms with Gasteiger partial charge in [0.25, 0.3) is 0 Å². The van der Waals surface area contributed by atoms with E-state index < -0.39 is 5.41 Å². The Morgan fingerprint density at radius 1 is 1.19 bits per heavy atom. The van der Waals surface area contributed by atoms with Crippen molar-refractivity contribution in [3.63, 3.8) is 0 Å². The summed E-state index contributed by atoms with van der Waals surface area (Å²) in [6.45, 7) is 16.8. The highest BCUT2D eigenvalue weighted by molar-refractivity contribution is 9.11. The molecule has 2 rings (SSSR count). The number of esters is 1. The third-order valence-electron chi connectivity index (χ3n) is 7.87. The molecule has 3 nitrogen and oxygen atoms in total. The molecular weight excluding hydrogens is 464 g/mol. The zero-order chi connectivity index (χ0) is 24.3. The number of carbonyl (C=O) groups is 2. The Kier molecular flexibility index (Phi) is 9.41. The number of hydrogen-bond donors (Lipinski definition) is 0. The van der Waals surface area contributed by atoms with Crippen molar-refractivity contribution in [2.75, 3.05) is 6.61 Å². The molecule has 0 N–H and O–H groups in total. The molecule has 0 aliphatic heterocycles. The summed E-state index contributed by atoms with van der Waals surface area (Å²) in [5.74, 6) is 2.00. The summed E-state index contributed by atoms with van der Waals surface area (Å²) in [5, 5.41) is 0. The van der Waals surface area contributed by atoms with Crippen LogP contribution in [0.2, 0.25) is 0 Å². The number of carbonyl (C=O) groups excluding carboxylic acids is 2. The summed E-state index contributed by atoms with van der Waals surface area (Å²) in [6.07, 6.45) is 7.51. The number of fused-ring (bicyclic) bond motifs is 1. The maximum Gasteiger partial charge on any atom is 0.311 e. The van der Waals surface area contributed by atoms with E-state index in [2.05, 4.69) is 48.6 Å². The Balaban J connectivity index is 2.14. The van der Waals surface area contributed by atoms with Crippen LogP contribution < -0.4 is 0 Å². The molecule has 0 aromatic carbocycles. The largest absolute Gasteiger partial charge is 0.461 e. The van der Waals surface area contributed by atoms with Gasteiger partial charge in [0.2, 0.25) is 0 Å². The van der Waals surface area contributed by atoms with Gasteiger partial charge in [-0.1, -0.05) is 49.2 Å². The number of Topliss-reactive ketones (excluding diaryl/α,β-unsaturated/α-hetero) is 1. The van der Waals surface area contributed by atoms with Gasteiger partial charge in [0.05, 0.1) is 5.41 Å². The molecule has 0 bridgehead atoms. The topological polar surface area (TPSA) is 43.4 Å². The molecule has 0 amide bonds. The van der Waals surface area contributed by atoms with Crippen LogP contribution in [0.3, 0.4) is 0 Å². The zero-order valence-corrected chi connectivity index (χ0v) is 23.2. The smallest absolute Gasteiger partial charge is 0.311 e. The lowest BCUT2D eigenvalue weighted by atomic mass is 9.61. The number of rotatable bonds is 8. The first-order chi connectivity index (χ1) is 14.8. The molecule has 0 aromatic heterocycles. The van der Waals surface area contributed by atoms with Crippen molar-refractivity contribution >= 4 is 27.7 Å². The predicted molar refractivity (Wildman–Crippen MR) is 137 cm³/mol. The Morgan fingerprint density at radius 3 is 2.41 bits per heavy atom. The highest BCUT2D eigenvalue weighted by Crippen LogP contribution is 2.60. The number of ether oxygens (including phenoxy) is 1. The summed E-state index contributed by atoms with van der Waals surface area (Å²) in [6, 6.07) is 0. The van der Waals surface area contributed by atoms with Crippen LogP contribution in [-0.4, -0.2) is 18.4 Å². The van der Waals surface area contributed by atoms with Crippen molar-refractivity contribution in [1.29, 1.82) is 0 Å². The van der Waals surface area contributed by atoms with Gasteiger partial charge in [-0.2, -0.15) is 0 Å². The van der Waals surface area contributed by atoms with Crippen molar-refractivity contribution in [3.05, 3.63) is 21.7 Å². The summed E-state index contributed by atoms with van der Waals surface area (Å²) >= 11 is 3.61. The average Bonchev–Trinajstić information content (AvgIpc) is 3.05. The molecule has 32 heavy (non-hydrogen) atoms. The van der Waals surface area contributed by atoms with Gasteiger partial charge in [-0.05, 0) is 111 Å². The minimum atomic E-state index is -0.534. The van der Waals surface area contributed by atoms with E-state index in [9.17, 15) is 9.59 Å². The standard InChI is InChI=1S/C28H45BrO3/c1-18(2)14-22(20(4)17-32-26(31)27(5,6)7)25(30)15-19(3)23-11-12-24-21(16-29)10-9-13-28(23,24)8/h16,18-19,23-24H,9-15,17H2,1-8H3/b21-16?,22-20+/t19-,23-,24+,28-/m1/s1. The first-order valence-corrected chi connectivity index (χ1v) is 13.4. The molecule has 0 saturated heterocycles.